The molecule has 1 heterocycles. The highest BCUT2D eigenvalue weighted by atomic mass is 16.3. The average molecular weight is 179 g/mol. The van der Waals surface area contributed by atoms with Crippen molar-refractivity contribution in [2.24, 2.45) is 5.92 Å². The number of carbonyl (C=O) groups excluding carboxylic acids is 1. The van der Waals surface area contributed by atoms with Gasteiger partial charge in [-0.1, -0.05) is 13.8 Å². The van der Waals surface area contributed by atoms with Gasteiger partial charge in [-0.2, -0.15) is 0 Å². The lowest BCUT2D eigenvalue weighted by atomic mass is 10.0. The molecule has 13 heavy (non-hydrogen) atoms. The third-order valence-corrected chi connectivity index (χ3v) is 1.87. The number of aromatic hydroxyl groups is 1. The fraction of sp³-hybridized carbons (Fsp3) is 0.400. The highest BCUT2D eigenvalue weighted by Crippen LogP contribution is 2.16. The fourth-order valence-electron chi connectivity index (χ4n) is 0.990. The lowest BCUT2D eigenvalue weighted by molar-refractivity contribution is 0.0938. The summed E-state index contributed by atoms with van der Waals surface area (Å²) in [6, 6.07) is 1.46. The van der Waals surface area contributed by atoms with Crippen LogP contribution >= 0.6 is 0 Å². The molecule has 0 bridgehead atoms. The summed E-state index contributed by atoms with van der Waals surface area (Å²) < 4.78 is 0. The van der Waals surface area contributed by atoms with Gasteiger partial charge in [-0.05, 0) is 13.0 Å². The molecule has 0 saturated heterocycles. The summed E-state index contributed by atoms with van der Waals surface area (Å²) >= 11 is 0. The standard InChI is InChI=1S/C10H13NO2/c1-6(2)10(13)8-4-9(12)7(3)11-5-8/h4-6,12H,1-3H3. The number of aryl methyl sites for hydroxylation is 1. The second-order valence-corrected chi connectivity index (χ2v) is 3.35. The zero-order valence-electron chi connectivity index (χ0n) is 8.03. The SMILES string of the molecule is Cc1ncc(C(=O)C(C)C)cc1O. The summed E-state index contributed by atoms with van der Waals surface area (Å²) in [4.78, 5) is 15.4. The largest absolute Gasteiger partial charge is 0.506 e. The van der Waals surface area contributed by atoms with E-state index >= 15 is 0 Å². The molecule has 0 aromatic carbocycles. The highest BCUT2D eigenvalue weighted by Gasteiger charge is 2.11. The molecule has 1 aromatic heterocycles. The number of ketones is 1. The van der Waals surface area contributed by atoms with Crippen molar-refractivity contribution in [3.05, 3.63) is 23.5 Å². The third kappa shape index (κ3) is 2.05. The van der Waals surface area contributed by atoms with E-state index in [1.54, 1.807) is 6.92 Å². The Hall–Kier alpha value is -1.38. The van der Waals surface area contributed by atoms with Crippen LogP contribution in [-0.4, -0.2) is 15.9 Å². The maximum atomic E-state index is 11.5. The van der Waals surface area contributed by atoms with Gasteiger partial charge in [-0.25, -0.2) is 0 Å². The first-order valence-electron chi connectivity index (χ1n) is 4.22. The number of carbonyl (C=O) groups is 1. The second-order valence-electron chi connectivity index (χ2n) is 3.35. The van der Waals surface area contributed by atoms with Crippen LogP contribution in [0, 0.1) is 12.8 Å². The number of pyridine rings is 1. The molecular formula is C10H13NO2. The van der Waals surface area contributed by atoms with E-state index < -0.39 is 0 Å². The molecule has 0 aliphatic rings. The maximum Gasteiger partial charge on any atom is 0.167 e. The van der Waals surface area contributed by atoms with Crippen LogP contribution in [0.15, 0.2) is 12.3 Å². The fourth-order valence-corrected chi connectivity index (χ4v) is 0.990. The molecule has 0 aliphatic heterocycles. The first kappa shape index (κ1) is 9.71. The lowest BCUT2D eigenvalue weighted by Gasteiger charge is -2.04. The van der Waals surface area contributed by atoms with Crippen LogP contribution in [0.4, 0.5) is 0 Å². The minimum absolute atomic E-state index is 0.00259. The summed E-state index contributed by atoms with van der Waals surface area (Å²) in [5.41, 5.74) is 1.01. The normalized spacial score (nSPS) is 10.5. The summed E-state index contributed by atoms with van der Waals surface area (Å²) in [6.45, 7) is 5.33. The quantitative estimate of drug-likeness (QED) is 0.706. The molecule has 3 nitrogen and oxygen atoms in total. The minimum atomic E-state index is -0.0658. The number of hydrogen-bond acceptors (Lipinski definition) is 3. The molecule has 0 atom stereocenters. The molecule has 0 fully saturated rings. The monoisotopic (exact) mass is 179 g/mol. The van der Waals surface area contributed by atoms with Gasteiger partial charge in [0.1, 0.15) is 5.75 Å². The number of hydrogen-bond donors (Lipinski definition) is 1. The zero-order chi connectivity index (χ0) is 10.0. The Morgan fingerprint density at radius 3 is 2.62 bits per heavy atom. The minimum Gasteiger partial charge on any atom is -0.506 e. The molecule has 3 heteroatoms. The van der Waals surface area contributed by atoms with Crippen molar-refractivity contribution < 1.29 is 9.90 Å². The Morgan fingerprint density at radius 2 is 2.15 bits per heavy atom. The first-order chi connectivity index (χ1) is 6.02. The van der Waals surface area contributed by atoms with Crippen molar-refractivity contribution in [1.29, 1.82) is 0 Å². The van der Waals surface area contributed by atoms with Gasteiger partial charge in [0, 0.05) is 17.7 Å². The van der Waals surface area contributed by atoms with Crippen molar-refractivity contribution in [2.75, 3.05) is 0 Å². The molecule has 1 rings (SSSR count). The van der Waals surface area contributed by atoms with Crippen LogP contribution in [0.2, 0.25) is 0 Å². The summed E-state index contributed by atoms with van der Waals surface area (Å²) in [6.07, 6.45) is 1.50. The number of Topliss-reactive ketones (excluding diaryl/α,β-unsaturated/α-hetero) is 1. The Morgan fingerprint density at radius 1 is 1.54 bits per heavy atom. The molecule has 0 saturated carbocycles. The van der Waals surface area contributed by atoms with Crippen LogP contribution in [0.25, 0.3) is 0 Å². The van der Waals surface area contributed by atoms with E-state index in [-0.39, 0.29) is 17.5 Å². The molecule has 1 N–H and O–H groups in total. The Bertz CT molecular complexity index is 332. The van der Waals surface area contributed by atoms with E-state index in [1.807, 2.05) is 13.8 Å². The second kappa shape index (κ2) is 3.56. The van der Waals surface area contributed by atoms with Gasteiger partial charge in [0.2, 0.25) is 0 Å². The molecule has 0 aliphatic carbocycles. The third-order valence-electron chi connectivity index (χ3n) is 1.87. The average Bonchev–Trinajstić information content (AvgIpc) is 2.08. The number of rotatable bonds is 2. The topological polar surface area (TPSA) is 50.2 Å². The predicted octanol–water partition coefficient (Wildman–Crippen LogP) is 1.93. The van der Waals surface area contributed by atoms with E-state index in [0.717, 1.165) is 0 Å². The van der Waals surface area contributed by atoms with E-state index in [2.05, 4.69) is 4.98 Å². The van der Waals surface area contributed by atoms with Crippen LogP contribution in [-0.2, 0) is 0 Å². The Kier molecular flexibility index (Phi) is 2.66. The van der Waals surface area contributed by atoms with E-state index in [9.17, 15) is 9.90 Å². The van der Waals surface area contributed by atoms with E-state index in [1.165, 1.54) is 12.3 Å². The van der Waals surface area contributed by atoms with Gasteiger partial charge in [-0.3, -0.25) is 9.78 Å². The molecule has 0 unspecified atom stereocenters. The number of nitrogens with zero attached hydrogens (tertiary/aromatic N) is 1. The van der Waals surface area contributed by atoms with Gasteiger partial charge >= 0.3 is 0 Å². The maximum absolute atomic E-state index is 11.5. The van der Waals surface area contributed by atoms with Crippen molar-refractivity contribution in [3.8, 4) is 5.75 Å². The smallest absolute Gasteiger partial charge is 0.167 e. The molecule has 70 valence electrons. The summed E-state index contributed by atoms with van der Waals surface area (Å²) in [5, 5.41) is 9.32. The Balaban J connectivity index is 3.04. The highest BCUT2D eigenvalue weighted by molar-refractivity contribution is 5.97. The van der Waals surface area contributed by atoms with Crippen molar-refractivity contribution in [1.82, 2.24) is 4.98 Å². The van der Waals surface area contributed by atoms with Crippen LogP contribution < -0.4 is 0 Å². The molecule has 0 radical (unpaired) electrons. The molecule has 0 spiro atoms. The molecular weight excluding hydrogens is 166 g/mol. The molecule has 1 aromatic rings. The van der Waals surface area contributed by atoms with Gasteiger partial charge in [0.05, 0.1) is 5.69 Å². The zero-order valence-corrected chi connectivity index (χ0v) is 8.03. The van der Waals surface area contributed by atoms with Gasteiger partial charge in [0.25, 0.3) is 0 Å². The van der Waals surface area contributed by atoms with Crippen molar-refractivity contribution in [2.45, 2.75) is 20.8 Å². The first-order valence-corrected chi connectivity index (χ1v) is 4.22. The Labute approximate surface area is 77.4 Å². The van der Waals surface area contributed by atoms with Crippen molar-refractivity contribution in [3.63, 3.8) is 0 Å². The van der Waals surface area contributed by atoms with Crippen LogP contribution in [0.5, 0.6) is 5.75 Å². The lowest BCUT2D eigenvalue weighted by Crippen LogP contribution is -2.07. The van der Waals surface area contributed by atoms with E-state index in [0.29, 0.717) is 11.3 Å². The summed E-state index contributed by atoms with van der Waals surface area (Å²) in [7, 11) is 0. The van der Waals surface area contributed by atoms with Crippen LogP contribution in [0.3, 0.4) is 0 Å². The van der Waals surface area contributed by atoms with Gasteiger partial charge < -0.3 is 5.11 Å². The van der Waals surface area contributed by atoms with E-state index in [4.69, 9.17) is 0 Å². The number of aromatic nitrogens is 1. The molecule has 0 amide bonds. The predicted molar refractivity (Wildman–Crippen MR) is 49.8 cm³/mol. The summed E-state index contributed by atoms with van der Waals surface area (Å²) in [5.74, 6) is 0.0122. The van der Waals surface area contributed by atoms with Crippen molar-refractivity contribution >= 4 is 5.78 Å². The van der Waals surface area contributed by atoms with Gasteiger partial charge in [0.15, 0.2) is 5.78 Å². The van der Waals surface area contributed by atoms with Crippen LogP contribution in [0.1, 0.15) is 29.9 Å². The van der Waals surface area contributed by atoms with Gasteiger partial charge in [-0.15, -0.1) is 0 Å².